The number of thioether (sulfide) groups is 1. The molecule has 2 aromatic carbocycles. The molecule has 0 saturated carbocycles. The van der Waals surface area contributed by atoms with Crippen LogP contribution in [0.2, 0.25) is 5.02 Å². The predicted octanol–water partition coefficient (Wildman–Crippen LogP) is 4.30. The van der Waals surface area contributed by atoms with Gasteiger partial charge in [0.05, 0.1) is 34.8 Å². The molecule has 37 heavy (non-hydrogen) atoms. The van der Waals surface area contributed by atoms with E-state index in [1.165, 1.54) is 23.9 Å². The van der Waals surface area contributed by atoms with E-state index in [9.17, 15) is 23.1 Å². The Hall–Kier alpha value is -2.86. The van der Waals surface area contributed by atoms with Crippen LogP contribution in [-0.4, -0.2) is 63.1 Å². The summed E-state index contributed by atoms with van der Waals surface area (Å²) in [7, 11) is 0. The number of hydrogen-bond donors (Lipinski definition) is 2. The Morgan fingerprint density at radius 3 is 2.84 bits per heavy atom. The molecule has 0 aliphatic carbocycles. The minimum atomic E-state index is -4.53. The minimum absolute atomic E-state index is 0.00761. The number of amidine groups is 1. The number of nitrogens with one attached hydrogen (secondary N) is 1. The highest BCUT2D eigenvalue weighted by atomic mass is 35.5. The molecule has 194 valence electrons. The van der Waals surface area contributed by atoms with Crippen LogP contribution in [0.15, 0.2) is 46.3 Å². The Balaban J connectivity index is 1.39. The molecule has 1 atom stereocenters. The number of carbonyl (C=O) groups is 1. The van der Waals surface area contributed by atoms with E-state index >= 15 is 0 Å². The molecule has 1 aromatic heterocycles. The number of aromatic nitrogens is 2. The molecule has 0 unspecified atom stereocenters. The van der Waals surface area contributed by atoms with E-state index in [-0.39, 0.29) is 35.7 Å². The summed E-state index contributed by atoms with van der Waals surface area (Å²) in [5, 5.41) is 18.5. The zero-order valence-electron chi connectivity index (χ0n) is 19.7. The van der Waals surface area contributed by atoms with Gasteiger partial charge in [-0.25, -0.2) is 0 Å². The zero-order valence-corrected chi connectivity index (χ0v) is 21.3. The molecule has 5 rings (SSSR count). The smallest absolute Gasteiger partial charge is 0.395 e. The second-order valence-corrected chi connectivity index (χ2v) is 10.4. The number of rotatable bonds is 4. The van der Waals surface area contributed by atoms with Gasteiger partial charge in [0, 0.05) is 36.1 Å². The van der Waals surface area contributed by atoms with Gasteiger partial charge in [0.15, 0.2) is 5.17 Å². The lowest BCUT2D eigenvalue weighted by atomic mass is 10.1. The molecule has 0 radical (unpaired) electrons. The molecule has 2 aliphatic heterocycles. The fraction of sp³-hybridized carbons (Fsp3) is 0.320. The quantitative estimate of drug-likeness (QED) is 0.472. The predicted molar refractivity (Wildman–Crippen MR) is 138 cm³/mol. The maximum atomic E-state index is 13.6. The van der Waals surface area contributed by atoms with Crippen molar-refractivity contribution in [1.82, 2.24) is 20.0 Å². The zero-order chi connectivity index (χ0) is 26.3. The summed E-state index contributed by atoms with van der Waals surface area (Å²) in [5.41, 5.74) is 1.39. The molecule has 1 amide bonds. The van der Waals surface area contributed by atoms with Crippen molar-refractivity contribution < 1.29 is 23.1 Å². The van der Waals surface area contributed by atoms with Crippen molar-refractivity contribution in [1.29, 1.82) is 0 Å². The maximum Gasteiger partial charge on any atom is 0.416 e. The number of carbonyl (C=O) groups excluding carboxylic acids is 1. The van der Waals surface area contributed by atoms with E-state index in [0.29, 0.717) is 40.9 Å². The van der Waals surface area contributed by atoms with Crippen LogP contribution in [0.1, 0.15) is 22.4 Å². The fourth-order valence-corrected chi connectivity index (χ4v) is 5.61. The lowest BCUT2D eigenvalue weighted by molar-refractivity contribution is -0.138. The number of aliphatic imine (C=N–C) groups is 1. The van der Waals surface area contributed by atoms with E-state index in [1.54, 1.807) is 29.8 Å². The molecule has 0 bridgehead atoms. The van der Waals surface area contributed by atoms with Gasteiger partial charge >= 0.3 is 6.18 Å². The standard InChI is InChI=1S/C25H23ClF3N5O2S/c1-14-19-8-15(9-22-23(36)31-24(37-22)33-7-6-30-18(12-33)13-35)2-5-21(19)34(32-14)11-16-3-4-17(26)10-20(16)25(27,28)29/h2-5,8-10,18,30,35H,6-7,11-13H2,1H3/b22-9-/t18-/m0/s1. The van der Waals surface area contributed by atoms with Crippen molar-refractivity contribution >= 4 is 51.4 Å². The number of aryl methyl sites for hydroxylation is 1. The van der Waals surface area contributed by atoms with Crippen molar-refractivity contribution in [2.75, 3.05) is 26.2 Å². The van der Waals surface area contributed by atoms with Crippen molar-refractivity contribution in [2.24, 2.45) is 4.99 Å². The highest BCUT2D eigenvalue weighted by molar-refractivity contribution is 8.18. The number of nitrogens with zero attached hydrogens (tertiary/aromatic N) is 4. The number of benzene rings is 2. The third-order valence-corrected chi connectivity index (χ3v) is 7.59. The molecule has 12 heteroatoms. The Morgan fingerprint density at radius 1 is 1.27 bits per heavy atom. The third-order valence-electron chi connectivity index (χ3n) is 6.31. The van der Waals surface area contributed by atoms with Crippen LogP contribution in [0, 0.1) is 6.92 Å². The number of aliphatic hydroxyl groups excluding tert-OH is 1. The minimum Gasteiger partial charge on any atom is -0.395 e. The van der Waals surface area contributed by atoms with Gasteiger partial charge in [-0.1, -0.05) is 23.7 Å². The van der Waals surface area contributed by atoms with Crippen LogP contribution >= 0.6 is 23.4 Å². The first-order valence-electron chi connectivity index (χ1n) is 11.6. The normalized spacial score (nSPS) is 19.8. The molecule has 3 aromatic rings. The van der Waals surface area contributed by atoms with Crippen LogP contribution in [-0.2, 0) is 17.5 Å². The van der Waals surface area contributed by atoms with Gasteiger partial charge < -0.3 is 15.3 Å². The second kappa shape index (κ2) is 10.1. The first-order valence-corrected chi connectivity index (χ1v) is 12.8. The highest BCUT2D eigenvalue weighted by Crippen LogP contribution is 2.35. The highest BCUT2D eigenvalue weighted by Gasteiger charge is 2.34. The summed E-state index contributed by atoms with van der Waals surface area (Å²) in [4.78, 5) is 19.2. The number of halogens is 4. The lowest BCUT2D eigenvalue weighted by Gasteiger charge is -2.33. The first kappa shape index (κ1) is 25.8. The fourth-order valence-electron chi connectivity index (χ4n) is 4.49. The van der Waals surface area contributed by atoms with Crippen molar-refractivity contribution in [3.63, 3.8) is 0 Å². The van der Waals surface area contributed by atoms with Crippen molar-refractivity contribution in [3.8, 4) is 0 Å². The van der Waals surface area contributed by atoms with Gasteiger partial charge in [-0.15, -0.1) is 0 Å². The van der Waals surface area contributed by atoms with Crippen molar-refractivity contribution in [2.45, 2.75) is 25.7 Å². The molecule has 1 saturated heterocycles. The Kier molecular flexibility index (Phi) is 7.06. The second-order valence-electron chi connectivity index (χ2n) is 8.91. The summed E-state index contributed by atoms with van der Waals surface area (Å²) < 4.78 is 42.2. The Bertz CT molecular complexity index is 1440. The van der Waals surface area contributed by atoms with Crippen LogP contribution in [0.4, 0.5) is 13.2 Å². The molecule has 3 heterocycles. The first-order chi connectivity index (χ1) is 17.6. The van der Waals surface area contributed by atoms with Crippen LogP contribution in [0.25, 0.3) is 17.0 Å². The topological polar surface area (TPSA) is 82.8 Å². The van der Waals surface area contributed by atoms with E-state index in [0.717, 1.165) is 17.0 Å². The number of aliphatic hydroxyl groups is 1. The van der Waals surface area contributed by atoms with Gasteiger partial charge in [0.2, 0.25) is 0 Å². The van der Waals surface area contributed by atoms with Gasteiger partial charge in [-0.2, -0.15) is 23.3 Å². The molecule has 7 nitrogen and oxygen atoms in total. The van der Waals surface area contributed by atoms with Crippen molar-refractivity contribution in [3.05, 3.63) is 68.7 Å². The lowest BCUT2D eigenvalue weighted by Crippen LogP contribution is -2.53. The molecular weight excluding hydrogens is 527 g/mol. The largest absolute Gasteiger partial charge is 0.416 e. The molecular formula is C25H23ClF3N5O2S. The summed E-state index contributed by atoms with van der Waals surface area (Å²) in [6.45, 7) is 3.68. The number of piperazine rings is 1. The number of hydrogen-bond acceptors (Lipinski definition) is 6. The summed E-state index contributed by atoms with van der Waals surface area (Å²) in [6.07, 6.45) is -2.78. The monoisotopic (exact) mass is 549 g/mol. The maximum absolute atomic E-state index is 13.6. The molecule has 2 aliphatic rings. The molecule has 2 N–H and O–H groups in total. The van der Waals surface area contributed by atoms with Gasteiger partial charge in [0.25, 0.3) is 5.91 Å². The van der Waals surface area contributed by atoms with E-state index in [2.05, 4.69) is 15.4 Å². The summed E-state index contributed by atoms with van der Waals surface area (Å²) in [5.74, 6) is -0.325. The average Bonchev–Trinajstić information content (AvgIpc) is 3.38. The van der Waals surface area contributed by atoms with Crippen LogP contribution in [0.5, 0.6) is 0 Å². The average molecular weight is 550 g/mol. The summed E-state index contributed by atoms with van der Waals surface area (Å²) >= 11 is 7.11. The molecule has 0 spiro atoms. The van der Waals surface area contributed by atoms with Gasteiger partial charge in [-0.3, -0.25) is 9.48 Å². The van der Waals surface area contributed by atoms with Gasteiger partial charge in [-0.05, 0) is 60.2 Å². The van der Waals surface area contributed by atoms with E-state index in [4.69, 9.17) is 11.6 Å². The SMILES string of the molecule is Cc1nn(Cc2ccc(Cl)cc2C(F)(F)F)c2ccc(/C=C3\SC(N4CCN[C@H](CO)C4)=NC3=O)cc12. The number of fused-ring (bicyclic) bond motifs is 1. The van der Waals surface area contributed by atoms with Gasteiger partial charge in [0.1, 0.15) is 0 Å². The van der Waals surface area contributed by atoms with E-state index < -0.39 is 11.7 Å². The van der Waals surface area contributed by atoms with E-state index in [1.807, 2.05) is 11.0 Å². The van der Waals surface area contributed by atoms with Crippen LogP contribution in [0.3, 0.4) is 0 Å². The van der Waals surface area contributed by atoms with Crippen LogP contribution < -0.4 is 5.32 Å². The molecule has 1 fully saturated rings. The summed E-state index contributed by atoms with van der Waals surface area (Å²) in [6, 6.07) is 9.13. The number of alkyl halides is 3. The third kappa shape index (κ3) is 5.40. The Morgan fingerprint density at radius 2 is 2.08 bits per heavy atom. The Labute approximate surface area is 220 Å². The number of amides is 1.